The highest BCUT2D eigenvalue weighted by molar-refractivity contribution is 5.84. The molecule has 1 aromatic heterocycles. The van der Waals surface area contributed by atoms with Crippen LogP contribution in [0.25, 0.3) is 10.8 Å². The minimum atomic E-state index is -0.610. The Morgan fingerprint density at radius 3 is 2.50 bits per heavy atom. The normalized spacial score (nSPS) is 12.6. The van der Waals surface area contributed by atoms with Crippen LogP contribution in [0, 0.1) is 0 Å². The number of hydrogen-bond donors (Lipinski definition) is 1. The van der Waals surface area contributed by atoms with E-state index < -0.39 is 6.10 Å². The second-order valence-electron chi connectivity index (χ2n) is 4.92. The molecule has 0 saturated carbocycles. The first-order chi connectivity index (χ1) is 9.69. The standard InChI is InChI=1S/C17H17NO2/c1-18-9-3-4-16(18)17(19)14-6-5-13-11-15(20-2)8-7-12(13)10-14/h3-11,17,19H,1-2H3/t17-/m0/s1. The lowest BCUT2D eigenvalue weighted by Gasteiger charge is -2.13. The number of methoxy groups -OCH3 is 1. The summed E-state index contributed by atoms with van der Waals surface area (Å²) in [6.07, 6.45) is 1.33. The summed E-state index contributed by atoms with van der Waals surface area (Å²) in [6.45, 7) is 0. The Morgan fingerprint density at radius 1 is 1.05 bits per heavy atom. The Bertz CT molecular complexity index is 746. The minimum absolute atomic E-state index is 0.610. The first-order valence-corrected chi connectivity index (χ1v) is 6.56. The maximum absolute atomic E-state index is 10.5. The first kappa shape index (κ1) is 12.8. The quantitative estimate of drug-likeness (QED) is 0.790. The van der Waals surface area contributed by atoms with Gasteiger partial charge in [-0.25, -0.2) is 0 Å². The van der Waals surface area contributed by atoms with Gasteiger partial charge in [0.25, 0.3) is 0 Å². The van der Waals surface area contributed by atoms with Gasteiger partial charge in [-0.2, -0.15) is 0 Å². The van der Waals surface area contributed by atoms with Crippen molar-refractivity contribution >= 4 is 10.8 Å². The summed E-state index contributed by atoms with van der Waals surface area (Å²) in [4.78, 5) is 0. The first-order valence-electron chi connectivity index (χ1n) is 6.56. The fraction of sp³-hybridized carbons (Fsp3) is 0.176. The van der Waals surface area contributed by atoms with Gasteiger partial charge >= 0.3 is 0 Å². The molecule has 0 unspecified atom stereocenters. The second-order valence-corrected chi connectivity index (χ2v) is 4.92. The van der Waals surface area contributed by atoms with Crippen LogP contribution in [0.15, 0.2) is 54.7 Å². The summed E-state index contributed by atoms with van der Waals surface area (Å²) in [7, 11) is 3.60. The van der Waals surface area contributed by atoms with E-state index in [1.54, 1.807) is 7.11 Å². The van der Waals surface area contributed by atoms with Gasteiger partial charge in [0.1, 0.15) is 11.9 Å². The Hall–Kier alpha value is -2.26. The van der Waals surface area contributed by atoms with E-state index >= 15 is 0 Å². The average Bonchev–Trinajstić information content (AvgIpc) is 2.91. The number of hydrogen-bond acceptors (Lipinski definition) is 2. The molecule has 0 spiro atoms. The zero-order valence-electron chi connectivity index (χ0n) is 11.6. The van der Waals surface area contributed by atoms with Gasteiger partial charge < -0.3 is 14.4 Å². The third-order valence-electron chi connectivity index (χ3n) is 3.65. The number of fused-ring (bicyclic) bond motifs is 1. The van der Waals surface area contributed by atoms with Crippen LogP contribution in [0.1, 0.15) is 17.4 Å². The van der Waals surface area contributed by atoms with Crippen molar-refractivity contribution < 1.29 is 9.84 Å². The van der Waals surface area contributed by atoms with Crippen LogP contribution >= 0.6 is 0 Å². The SMILES string of the molecule is COc1ccc2cc([C@H](O)c3cccn3C)ccc2c1. The lowest BCUT2D eigenvalue weighted by Crippen LogP contribution is -2.04. The van der Waals surface area contributed by atoms with Gasteiger partial charge in [0.15, 0.2) is 0 Å². The lowest BCUT2D eigenvalue weighted by molar-refractivity contribution is 0.211. The van der Waals surface area contributed by atoms with Crippen LogP contribution in [0.2, 0.25) is 0 Å². The number of ether oxygens (including phenoxy) is 1. The monoisotopic (exact) mass is 267 g/mol. The highest BCUT2D eigenvalue weighted by Crippen LogP contribution is 2.27. The maximum Gasteiger partial charge on any atom is 0.119 e. The molecule has 1 N–H and O–H groups in total. The molecule has 0 fully saturated rings. The van der Waals surface area contributed by atoms with E-state index in [1.807, 2.05) is 66.3 Å². The highest BCUT2D eigenvalue weighted by Gasteiger charge is 2.13. The number of aryl methyl sites for hydroxylation is 1. The molecule has 0 aliphatic heterocycles. The van der Waals surface area contributed by atoms with Crippen molar-refractivity contribution in [3.8, 4) is 5.75 Å². The largest absolute Gasteiger partial charge is 0.497 e. The molecule has 3 aromatic rings. The second kappa shape index (κ2) is 5.02. The van der Waals surface area contributed by atoms with Crippen LogP contribution in [0.5, 0.6) is 5.75 Å². The van der Waals surface area contributed by atoms with E-state index in [2.05, 4.69) is 0 Å². The van der Waals surface area contributed by atoms with Gasteiger partial charge in [0.05, 0.1) is 12.8 Å². The van der Waals surface area contributed by atoms with Gasteiger partial charge in [0, 0.05) is 13.2 Å². The van der Waals surface area contributed by atoms with E-state index in [1.165, 1.54) is 0 Å². The summed E-state index contributed by atoms with van der Waals surface area (Å²) >= 11 is 0. The van der Waals surface area contributed by atoms with Crippen molar-refractivity contribution in [2.45, 2.75) is 6.10 Å². The predicted molar refractivity (Wildman–Crippen MR) is 80.0 cm³/mol. The summed E-state index contributed by atoms with van der Waals surface area (Å²) < 4.78 is 7.16. The fourth-order valence-electron chi connectivity index (χ4n) is 2.47. The van der Waals surface area contributed by atoms with Crippen molar-refractivity contribution in [1.82, 2.24) is 4.57 Å². The van der Waals surface area contributed by atoms with Gasteiger partial charge in [-0.1, -0.05) is 18.2 Å². The third kappa shape index (κ3) is 2.17. The van der Waals surface area contributed by atoms with E-state index in [9.17, 15) is 5.11 Å². The highest BCUT2D eigenvalue weighted by atomic mass is 16.5. The molecule has 102 valence electrons. The molecule has 0 aliphatic rings. The molecule has 1 atom stereocenters. The maximum atomic E-state index is 10.5. The molecule has 2 aromatic carbocycles. The summed E-state index contributed by atoms with van der Waals surface area (Å²) in [5, 5.41) is 12.7. The molecular weight excluding hydrogens is 250 g/mol. The summed E-state index contributed by atoms with van der Waals surface area (Å²) in [5.74, 6) is 0.841. The number of benzene rings is 2. The van der Waals surface area contributed by atoms with Crippen molar-refractivity contribution in [3.05, 3.63) is 66.0 Å². The summed E-state index contributed by atoms with van der Waals surface area (Å²) in [5.41, 5.74) is 1.78. The van der Waals surface area contributed by atoms with E-state index in [0.29, 0.717) is 0 Å². The van der Waals surface area contributed by atoms with Crippen LogP contribution in [-0.2, 0) is 7.05 Å². The number of nitrogens with zero attached hydrogens (tertiary/aromatic N) is 1. The third-order valence-corrected chi connectivity index (χ3v) is 3.65. The molecule has 3 heteroatoms. The van der Waals surface area contributed by atoms with E-state index in [0.717, 1.165) is 27.8 Å². The number of aliphatic hydroxyl groups is 1. The Balaban J connectivity index is 2.03. The van der Waals surface area contributed by atoms with Crippen molar-refractivity contribution in [2.75, 3.05) is 7.11 Å². The molecular formula is C17H17NO2. The molecule has 3 nitrogen and oxygen atoms in total. The molecule has 0 radical (unpaired) electrons. The van der Waals surface area contributed by atoms with Crippen molar-refractivity contribution in [3.63, 3.8) is 0 Å². The van der Waals surface area contributed by atoms with Gasteiger partial charge in [-0.3, -0.25) is 0 Å². The van der Waals surface area contributed by atoms with Crippen LogP contribution in [0.3, 0.4) is 0 Å². The van der Waals surface area contributed by atoms with E-state index in [4.69, 9.17) is 4.74 Å². The van der Waals surface area contributed by atoms with E-state index in [-0.39, 0.29) is 0 Å². The Kier molecular flexibility index (Phi) is 3.20. The topological polar surface area (TPSA) is 34.4 Å². The van der Waals surface area contributed by atoms with Gasteiger partial charge in [0.2, 0.25) is 0 Å². The zero-order valence-corrected chi connectivity index (χ0v) is 11.6. The number of rotatable bonds is 3. The fourth-order valence-corrected chi connectivity index (χ4v) is 2.47. The molecule has 0 bridgehead atoms. The molecule has 0 aliphatic carbocycles. The zero-order chi connectivity index (χ0) is 14.1. The lowest BCUT2D eigenvalue weighted by atomic mass is 10.0. The number of aromatic nitrogens is 1. The Labute approximate surface area is 118 Å². The van der Waals surface area contributed by atoms with Crippen LogP contribution in [0.4, 0.5) is 0 Å². The van der Waals surface area contributed by atoms with Crippen molar-refractivity contribution in [2.24, 2.45) is 7.05 Å². The molecule has 1 heterocycles. The molecule has 3 rings (SSSR count). The van der Waals surface area contributed by atoms with Crippen molar-refractivity contribution in [1.29, 1.82) is 0 Å². The molecule has 0 saturated heterocycles. The Morgan fingerprint density at radius 2 is 1.80 bits per heavy atom. The average molecular weight is 267 g/mol. The summed E-state index contributed by atoms with van der Waals surface area (Å²) in [6, 6.07) is 15.8. The van der Waals surface area contributed by atoms with Crippen LogP contribution in [-0.4, -0.2) is 16.8 Å². The molecule has 20 heavy (non-hydrogen) atoms. The number of aliphatic hydroxyl groups excluding tert-OH is 1. The minimum Gasteiger partial charge on any atom is -0.497 e. The van der Waals surface area contributed by atoms with Crippen LogP contribution < -0.4 is 4.74 Å². The smallest absolute Gasteiger partial charge is 0.119 e. The van der Waals surface area contributed by atoms with Gasteiger partial charge in [-0.15, -0.1) is 0 Å². The predicted octanol–water partition coefficient (Wildman–Crippen LogP) is 3.27. The van der Waals surface area contributed by atoms with Gasteiger partial charge in [-0.05, 0) is 46.7 Å². The molecule has 0 amide bonds.